The van der Waals surface area contributed by atoms with E-state index in [1.807, 2.05) is 0 Å². The first kappa shape index (κ1) is 23.7. The highest BCUT2D eigenvalue weighted by molar-refractivity contribution is 5.99. The summed E-state index contributed by atoms with van der Waals surface area (Å²) in [6.07, 6.45) is 5.31. The summed E-state index contributed by atoms with van der Waals surface area (Å²) >= 11 is 0. The standard InChI is InChI=1S/C25H27N3O5/c1-16(24(31)28(15-22(29)30)20-4-2-3-5-20)14-17-6-8-19(9-7-17)25(32)33-21-12-10-18(11-13-21)23(26)27/h6-14,20H,2-5,15H2,1H3,(H3,26,27)(H,29,30)/b16-14+. The molecule has 1 aliphatic carbocycles. The number of carbonyl (C=O) groups excluding carboxylic acids is 2. The lowest BCUT2D eigenvalue weighted by atomic mass is 10.1. The molecule has 3 rings (SSSR count). The molecule has 1 saturated carbocycles. The summed E-state index contributed by atoms with van der Waals surface area (Å²) in [6.45, 7) is 1.35. The summed E-state index contributed by atoms with van der Waals surface area (Å²) < 4.78 is 5.34. The molecule has 1 fully saturated rings. The Morgan fingerprint density at radius 2 is 1.64 bits per heavy atom. The largest absolute Gasteiger partial charge is 0.480 e. The van der Waals surface area contributed by atoms with Gasteiger partial charge in [0, 0.05) is 17.2 Å². The molecule has 0 aliphatic heterocycles. The molecular weight excluding hydrogens is 422 g/mol. The number of nitrogens with zero attached hydrogens (tertiary/aromatic N) is 1. The molecule has 8 nitrogen and oxygen atoms in total. The van der Waals surface area contributed by atoms with Gasteiger partial charge in [-0.1, -0.05) is 25.0 Å². The summed E-state index contributed by atoms with van der Waals surface area (Å²) in [4.78, 5) is 38.0. The number of ether oxygens (including phenoxy) is 1. The van der Waals surface area contributed by atoms with Crippen molar-refractivity contribution in [3.63, 3.8) is 0 Å². The van der Waals surface area contributed by atoms with Crippen LogP contribution in [-0.4, -0.2) is 46.3 Å². The van der Waals surface area contributed by atoms with Crippen LogP contribution in [0.1, 0.15) is 54.1 Å². The van der Waals surface area contributed by atoms with E-state index in [2.05, 4.69) is 0 Å². The quantitative estimate of drug-likeness (QED) is 0.186. The van der Waals surface area contributed by atoms with Gasteiger partial charge < -0.3 is 20.5 Å². The van der Waals surface area contributed by atoms with Gasteiger partial charge in [-0.2, -0.15) is 0 Å². The first-order valence-corrected chi connectivity index (χ1v) is 10.7. The summed E-state index contributed by atoms with van der Waals surface area (Å²) in [5, 5.41) is 16.6. The number of aliphatic carboxylic acids is 1. The Morgan fingerprint density at radius 3 is 2.18 bits per heavy atom. The highest BCUT2D eigenvalue weighted by Crippen LogP contribution is 2.25. The summed E-state index contributed by atoms with van der Waals surface area (Å²) in [7, 11) is 0. The van der Waals surface area contributed by atoms with E-state index in [9.17, 15) is 19.5 Å². The Hall–Kier alpha value is -3.94. The monoisotopic (exact) mass is 449 g/mol. The van der Waals surface area contributed by atoms with Crippen molar-refractivity contribution >= 4 is 29.8 Å². The second-order valence-corrected chi connectivity index (χ2v) is 8.04. The highest BCUT2D eigenvalue weighted by Gasteiger charge is 2.28. The van der Waals surface area contributed by atoms with E-state index in [1.54, 1.807) is 61.5 Å². The lowest BCUT2D eigenvalue weighted by Crippen LogP contribution is -2.42. The smallest absolute Gasteiger partial charge is 0.343 e. The molecule has 0 heterocycles. The number of hydrogen-bond acceptors (Lipinski definition) is 5. The number of amides is 1. The molecule has 4 N–H and O–H groups in total. The van der Waals surface area contributed by atoms with Crippen LogP contribution in [0.2, 0.25) is 0 Å². The number of esters is 1. The minimum atomic E-state index is -1.03. The highest BCUT2D eigenvalue weighted by atomic mass is 16.5. The third-order valence-electron chi connectivity index (χ3n) is 5.57. The van der Waals surface area contributed by atoms with Gasteiger partial charge in [0.25, 0.3) is 0 Å². The fourth-order valence-electron chi connectivity index (χ4n) is 3.85. The molecule has 1 amide bonds. The van der Waals surface area contributed by atoms with Gasteiger partial charge in [-0.3, -0.25) is 15.0 Å². The number of nitrogens with two attached hydrogens (primary N) is 1. The maximum atomic E-state index is 12.9. The van der Waals surface area contributed by atoms with E-state index >= 15 is 0 Å². The Kier molecular flexibility index (Phi) is 7.61. The van der Waals surface area contributed by atoms with E-state index in [4.69, 9.17) is 15.9 Å². The molecule has 0 aromatic heterocycles. The number of nitrogen functional groups attached to an aromatic ring is 1. The zero-order valence-corrected chi connectivity index (χ0v) is 18.4. The van der Waals surface area contributed by atoms with Crippen molar-refractivity contribution in [1.29, 1.82) is 5.41 Å². The van der Waals surface area contributed by atoms with Crippen LogP contribution >= 0.6 is 0 Å². The van der Waals surface area contributed by atoms with Gasteiger partial charge in [-0.05, 0) is 67.8 Å². The van der Waals surface area contributed by atoms with Crippen molar-refractivity contribution in [1.82, 2.24) is 4.90 Å². The molecular formula is C25H27N3O5. The lowest BCUT2D eigenvalue weighted by Gasteiger charge is -2.27. The molecule has 2 aromatic carbocycles. The number of carboxylic acids is 1. The van der Waals surface area contributed by atoms with Crippen LogP contribution < -0.4 is 10.5 Å². The Morgan fingerprint density at radius 1 is 1.06 bits per heavy atom. The van der Waals surface area contributed by atoms with Gasteiger partial charge >= 0.3 is 11.9 Å². The average Bonchev–Trinajstić information content (AvgIpc) is 3.32. The molecule has 8 heteroatoms. The molecule has 1 aliphatic rings. The molecule has 33 heavy (non-hydrogen) atoms. The predicted octanol–water partition coefficient (Wildman–Crippen LogP) is 3.45. The topological polar surface area (TPSA) is 134 Å². The van der Waals surface area contributed by atoms with Gasteiger partial charge in [0.15, 0.2) is 0 Å². The number of hydrogen-bond donors (Lipinski definition) is 3. The third kappa shape index (κ3) is 6.29. The van der Waals surface area contributed by atoms with Crippen LogP contribution in [0.5, 0.6) is 5.75 Å². The molecule has 172 valence electrons. The normalized spacial score (nSPS) is 14.0. The summed E-state index contributed by atoms with van der Waals surface area (Å²) in [5.41, 5.74) is 7.43. The Labute approximate surface area is 192 Å². The minimum absolute atomic E-state index is 0.0430. The van der Waals surface area contributed by atoms with Gasteiger partial charge in [0.1, 0.15) is 18.1 Å². The number of rotatable bonds is 8. The van der Waals surface area contributed by atoms with E-state index in [-0.39, 0.29) is 24.3 Å². The average molecular weight is 450 g/mol. The first-order chi connectivity index (χ1) is 15.7. The molecule has 0 saturated heterocycles. The van der Waals surface area contributed by atoms with Crippen LogP contribution in [0, 0.1) is 5.41 Å². The predicted molar refractivity (Wildman–Crippen MR) is 124 cm³/mol. The SMILES string of the molecule is C/C(=C\c1ccc(C(=O)Oc2ccc(C(=N)N)cc2)cc1)C(=O)N(CC(=O)O)C1CCCC1. The van der Waals surface area contributed by atoms with E-state index in [0.717, 1.165) is 25.7 Å². The number of nitrogens with one attached hydrogen (secondary N) is 1. The van der Waals surface area contributed by atoms with Gasteiger partial charge in [-0.25, -0.2) is 4.79 Å². The van der Waals surface area contributed by atoms with Crippen LogP contribution in [-0.2, 0) is 9.59 Å². The maximum absolute atomic E-state index is 12.9. The van der Waals surface area contributed by atoms with Gasteiger partial charge in [-0.15, -0.1) is 0 Å². The zero-order chi connectivity index (χ0) is 24.0. The van der Waals surface area contributed by atoms with Crippen molar-refractivity contribution in [3.05, 3.63) is 70.8 Å². The molecule has 0 spiro atoms. The third-order valence-corrected chi connectivity index (χ3v) is 5.57. The van der Waals surface area contributed by atoms with Crippen molar-refractivity contribution in [3.8, 4) is 5.75 Å². The molecule has 0 atom stereocenters. The Balaban J connectivity index is 1.67. The number of carbonyl (C=O) groups is 3. The van der Waals surface area contributed by atoms with Crippen LogP contribution in [0.15, 0.2) is 54.1 Å². The zero-order valence-electron chi connectivity index (χ0n) is 18.4. The first-order valence-electron chi connectivity index (χ1n) is 10.7. The summed E-state index contributed by atoms with van der Waals surface area (Å²) in [5.74, 6) is -1.59. The molecule has 2 aromatic rings. The number of carboxylic acid groups (broad SMARTS) is 1. The maximum Gasteiger partial charge on any atom is 0.343 e. The minimum Gasteiger partial charge on any atom is -0.480 e. The number of amidine groups is 1. The fourth-order valence-corrected chi connectivity index (χ4v) is 3.85. The lowest BCUT2D eigenvalue weighted by molar-refractivity contribution is -0.144. The van der Waals surface area contributed by atoms with E-state index < -0.39 is 11.9 Å². The van der Waals surface area contributed by atoms with Crippen LogP contribution in [0.25, 0.3) is 6.08 Å². The number of benzene rings is 2. The van der Waals surface area contributed by atoms with Crippen molar-refractivity contribution < 1.29 is 24.2 Å². The van der Waals surface area contributed by atoms with Crippen molar-refractivity contribution in [2.24, 2.45) is 5.73 Å². The van der Waals surface area contributed by atoms with E-state index in [1.165, 1.54) is 4.90 Å². The Bertz CT molecular complexity index is 1070. The van der Waals surface area contributed by atoms with Crippen LogP contribution in [0.3, 0.4) is 0 Å². The van der Waals surface area contributed by atoms with E-state index in [0.29, 0.717) is 28.0 Å². The van der Waals surface area contributed by atoms with Crippen molar-refractivity contribution in [2.45, 2.75) is 38.6 Å². The molecule has 0 unspecified atom stereocenters. The second kappa shape index (κ2) is 10.6. The molecule has 0 bridgehead atoms. The van der Waals surface area contributed by atoms with Crippen LogP contribution in [0.4, 0.5) is 0 Å². The van der Waals surface area contributed by atoms with Gasteiger partial charge in [0.2, 0.25) is 5.91 Å². The fraction of sp³-hybridized carbons (Fsp3) is 0.280. The second-order valence-electron chi connectivity index (χ2n) is 8.04. The van der Waals surface area contributed by atoms with Gasteiger partial charge in [0.05, 0.1) is 5.56 Å². The van der Waals surface area contributed by atoms with Crippen molar-refractivity contribution in [2.75, 3.05) is 6.54 Å². The summed E-state index contributed by atoms with van der Waals surface area (Å²) in [6, 6.07) is 12.9. The molecule has 0 radical (unpaired) electrons.